The summed E-state index contributed by atoms with van der Waals surface area (Å²) >= 11 is 0. The summed E-state index contributed by atoms with van der Waals surface area (Å²) < 4.78 is 27.6. The first-order valence-corrected chi connectivity index (χ1v) is 9.85. The third kappa shape index (κ3) is 2.63. The molecule has 2 amide bonds. The van der Waals surface area contributed by atoms with E-state index in [0.717, 1.165) is 25.7 Å². The minimum Gasteiger partial charge on any atom is -0.288 e. The Labute approximate surface area is 145 Å². The van der Waals surface area contributed by atoms with Gasteiger partial charge in [-0.05, 0) is 36.4 Å². The second kappa shape index (κ2) is 5.93. The molecule has 2 heterocycles. The van der Waals surface area contributed by atoms with Crippen molar-refractivity contribution >= 4 is 32.6 Å². The van der Waals surface area contributed by atoms with Gasteiger partial charge in [0.1, 0.15) is 0 Å². The van der Waals surface area contributed by atoms with Gasteiger partial charge in [-0.15, -0.1) is 0 Å². The minimum atomic E-state index is -3.67. The van der Waals surface area contributed by atoms with Crippen LogP contribution in [0, 0.1) is 0 Å². The van der Waals surface area contributed by atoms with Crippen LogP contribution >= 0.6 is 0 Å². The highest BCUT2D eigenvalue weighted by atomic mass is 32.2. The third-order valence-electron chi connectivity index (χ3n) is 4.87. The molecule has 2 aromatic rings. The molecule has 4 rings (SSSR count). The lowest BCUT2D eigenvalue weighted by Gasteiger charge is -2.22. The van der Waals surface area contributed by atoms with Crippen molar-refractivity contribution in [1.29, 1.82) is 0 Å². The van der Waals surface area contributed by atoms with E-state index in [1.165, 1.54) is 10.4 Å². The zero-order chi connectivity index (χ0) is 17.6. The fraction of sp³-hybridized carbons (Fsp3) is 0.333. The van der Waals surface area contributed by atoms with Crippen molar-refractivity contribution in [3.63, 3.8) is 0 Å². The van der Waals surface area contributed by atoms with Gasteiger partial charge in [-0.3, -0.25) is 14.9 Å². The number of benzene rings is 2. The Hall–Kier alpha value is -2.25. The summed E-state index contributed by atoms with van der Waals surface area (Å²) in [7, 11) is -3.67. The van der Waals surface area contributed by atoms with E-state index in [1.54, 1.807) is 24.3 Å². The zero-order valence-corrected chi connectivity index (χ0v) is 14.4. The molecule has 2 aliphatic heterocycles. The molecule has 25 heavy (non-hydrogen) atoms. The largest absolute Gasteiger partial charge is 0.288 e. The summed E-state index contributed by atoms with van der Waals surface area (Å²) in [5.74, 6) is -1.01. The molecule has 0 radical (unpaired) electrons. The summed E-state index contributed by atoms with van der Waals surface area (Å²) in [6.45, 7) is 1.00. The van der Waals surface area contributed by atoms with Crippen LogP contribution in [0.25, 0.3) is 10.8 Å². The molecule has 0 saturated carbocycles. The second-order valence-electron chi connectivity index (χ2n) is 6.48. The van der Waals surface area contributed by atoms with E-state index in [2.05, 4.69) is 5.32 Å². The summed E-state index contributed by atoms with van der Waals surface area (Å²) in [6, 6.07) is 8.02. The first kappa shape index (κ1) is 16.2. The fourth-order valence-electron chi connectivity index (χ4n) is 3.59. The summed E-state index contributed by atoms with van der Waals surface area (Å²) in [5.41, 5.74) is 0.631. The summed E-state index contributed by atoms with van der Waals surface area (Å²) in [4.78, 5) is 24.4. The number of nitrogens with one attached hydrogen (secondary N) is 1. The highest BCUT2D eigenvalue weighted by molar-refractivity contribution is 7.89. The van der Waals surface area contributed by atoms with Crippen molar-refractivity contribution in [2.24, 2.45) is 0 Å². The maximum atomic E-state index is 13.1. The molecule has 1 saturated heterocycles. The van der Waals surface area contributed by atoms with Crippen molar-refractivity contribution in [2.75, 3.05) is 13.1 Å². The monoisotopic (exact) mass is 358 g/mol. The average molecular weight is 358 g/mol. The van der Waals surface area contributed by atoms with Crippen LogP contribution in [0.3, 0.4) is 0 Å². The molecule has 0 atom stereocenters. The van der Waals surface area contributed by atoms with Gasteiger partial charge < -0.3 is 0 Å². The molecule has 0 aliphatic carbocycles. The van der Waals surface area contributed by atoms with Gasteiger partial charge in [0, 0.05) is 29.6 Å². The molecule has 130 valence electrons. The van der Waals surface area contributed by atoms with E-state index in [0.29, 0.717) is 29.4 Å². The number of nitrogens with zero attached hydrogens (tertiary/aromatic N) is 1. The van der Waals surface area contributed by atoms with Gasteiger partial charge in [-0.2, -0.15) is 4.31 Å². The molecule has 1 fully saturated rings. The Balaban J connectivity index is 1.90. The van der Waals surface area contributed by atoms with Gasteiger partial charge in [0.2, 0.25) is 10.0 Å². The van der Waals surface area contributed by atoms with Crippen molar-refractivity contribution in [3.8, 4) is 0 Å². The van der Waals surface area contributed by atoms with Gasteiger partial charge in [-0.1, -0.05) is 25.0 Å². The predicted octanol–water partition coefficient (Wildman–Crippen LogP) is 2.29. The van der Waals surface area contributed by atoms with E-state index in [-0.39, 0.29) is 10.5 Å². The van der Waals surface area contributed by atoms with Crippen LogP contribution in [0.2, 0.25) is 0 Å². The van der Waals surface area contributed by atoms with Crippen LogP contribution in [-0.2, 0) is 10.0 Å². The topological polar surface area (TPSA) is 83.5 Å². The number of amides is 2. The number of hydrogen-bond acceptors (Lipinski definition) is 4. The molecule has 2 aromatic carbocycles. The Kier molecular flexibility index (Phi) is 3.85. The van der Waals surface area contributed by atoms with E-state index in [4.69, 9.17) is 0 Å². The summed E-state index contributed by atoms with van der Waals surface area (Å²) in [6.07, 6.45) is 3.75. The Morgan fingerprint density at radius 3 is 2.28 bits per heavy atom. The summed E-state index contributed by atoms with van der Waals surface area (Å²) in [5, 5.41) is 3.39. The van der Waals surface area contributed by atoms with E-state index >= 15 is 0 Å². The lowest BCUT2D eigenvalue weighted by molar-refractivity contribution is 0.0845. The van der Waals surface area contributed by atoms with E-state index < -0.39 is 21.8 Å². The van der Waals surface area contributed by atoms with Crippen molar-refractivity contribution < 1.29 is 18.0 Å². The van der Waals surface area contributed by atoms with Crippen molar-refractivity contribution in [2.45, 2.75) is 30.6 Å². The maximum absolute atomic E-state index is 13.1. The van der Waals surface area contributed by atoms with Crippen LogP contribution < -0.4 is 5.32 Å². The van der Waals surface area contributed by atoms with Crippen LogP contribution in [0.5, 0.6) is 0 Å². The SMILES string of the molecule is O=C1NC(=O)c2cc(S(=O)(=O)N3CCCCCC3)cc3cccc1c23. The highest BCUT2D eigenvalue weighted by Crippen LogP contribution is 2.31. The number of carbonyl (C=O) groups excluding carboxylic acids is 2. The molecule has 6 nitrogen and oxygen atoms in total. The number of imide groups is 1. The Morgan fingerprint density at radius 1 is 0.880 bits per heavy atom. The molecule has 0 bridgehead atoms. The molecule has 0 spiro atoms. The first-order valence-electron chi connectivity index (χ1n) is 8.41. The normalized spacial score (nSPS) is 18.9. The molecule has 0 unspecified atom stereocenters. The van der Waals surface area contributed by atoms with Crippen LogP contribution in [-0.4, -0.2) is 37.6 Å². The number of hydrogen-bond donors (Lipinski definition) is 1. The molecule has 0 aromatic heterocycles. The predicted molar refractivity (Wildman–Crippen MR) is 93.0 cm³/mol. The maximum Gasteiger partial charge on any atom is 0.258 e. The quantitative estimate of drug-likeness (QED) is 0.835. The molecular formula is C18H18N2O4S. The average Bonchev–Trinajstić information content (AvgIpc) is 2.89. The van der Waals surface area contributed by atoms with Crippen LogP contribution in [0.1, 0.15) is 46.4 Å². The van der Waals surface area contributed by atoms with Gasteiger partial charge >= 0.3 is 0 Å². The number of sulfonamides is 1. The lowest BCUT2D eigenvalue weighted by atomic mass is 9.95. The molecule has 7 heteroatoms. The Morgan fingerprint density at radius 2 is 1.56 bits per heavy atom. The molecular weight excluding hydrogens is 340 g/mol. The Bertz CT molecular complexity index is 990. The standard InChI is InChI=1S/C18H18N2O4S/c21-17-14-7-5-6-12-10-13(11-15(16(12)14)18(22)19-17)25(23,24)20-8-3-1-2-4-9-20/h5-7,10-11H,1-4,8-9H2,(H,19,21,22). The van der Waals surface area contributed by atoms with Crippen molar-refractivity contribution in [3.05, 3.63) is 41.5 Å². The fourth-order valence-corrected chi connectivity index (χ4v) is 5.17. The molecule has 2 aliphatic rings. The van der Waals surface area contributed by atoms with Gasteiger partial charge in [0.15, 0.2) is 0 Å². The number of carbonyl (C=O) groups is 2. The van der Waals surface area contributed by atoms with Gasteiger partial charge in [0.05, 0.1) is 4.90 Å². The van der Waals surface area contributed by atoms with Gasteiger partial charge in [-0.25, -0.2) is 8.42 Å². The van der Waals surface area contributed by atoms with Gasteiger partial charge in [0.25, 0.3) is 11.8 Å². The van der Waals surface area contributed by atoms with Crippen molar-refractivity contribution in [1.82, 2.24) is 9.62 Å². The van der Waals surface area contributed by atoms with E-state index in [9.17, 15) is 18.0 Å². The lowest BCUT2D eigenvalue weighted by Crippen LogP contribution is -2.35. The number of rotatable bonds is 2. The third-order valence-corrected chi connectivity index (χ3v) is 6.75. The van der Waals surface area contributed by atoms with E-state index in [1.807, 2.05) is 0 Å². The zero-order valence-electron chi connectivity index (χ0n) is 13.6. The first-order chi connectivity index (χ1) is 12.0. The minimum absolute atomic E-state index is 0.110. The molecule has 1 N–H and O–H groups in total. The van der Waals surface area contributed by atoms with Crippen LogP contribution in [0.4, 0.5) is 0 Å². The smallest absolute Gasteiger partial charge is 0.258 e. The highest BCUT2D eigenvalue weighted by Gasteiger charge is 2.30. The second-order valence-corrected chi connectivity index (χ2v) is 8.41. The van der Waals surface area contributed by atoms with Crippen LogP contribution in [0.15, 0.2) is 35.2 Å².